The van der Waals surface area contributed by atoms with Gasteiger partial charge in [-0.1, -0.05) is 18.2 Å². The van der Waals surface area contributed by atoms with Crippen LogP contribution < -0.4 is 16.2 Å². The second kappa shape index (κ2) is 7.64. The number of fused-ring (bicyclic) bond motifs is 2. The Morgan fingerprint density at radius 3 is 2.66 bits per heavy atom. The normalized spacial score (nSPS) is 15.7. The van der Waals surface area contributed by atoms with Gasteiger partial charge in [0, 0.05) is 18.8 Å². The lowest BCUT2D eigenvalue weighted by atomic mass is 10.0. The maximum absolute atomic E-state index is 13.5. The maximum Gasteiger partial charge on any atom is 0.283 e. The van der Waals surface area contributed by atoms with E-state index in [0.29, 0.717) is 27.4 Å². The molecule has 1 saturated heterocycles. The molecular weight excluding hydrogens is 494 g/mol. The van der Waals surface area contributed by atoms with Crippen LogP contribution in [0.15, 0.2) is 64.1 Å². The molecule has 12 heteroatoms. The molecule has 5 aromatic rings. The number of benzene rings is 1. The molecule has 1 aliphatic heterocycles. The monoisotopic (exact) mass is 511 g/mol. The lowest BCUT2D eigenvalue weighted by Gasteiger charge is -2.41. The van der Waals surface area contributed by atoms with Gasteiger partial charge in [0.05, 0.1) is 22.4 Å². The van der Waals surface area contributed by atoms with Crippen molar-refractivity contribution in [2.24, 2.45) is 0 Å². The summed E-state index contributed by atoms with van der Waals surface area (Å²) in [7, 11) is 0. The molecule has 2 N–H and O–H groups in total. The van der Waals surface area contributed by atoms with Crippen molar-refractivity contribution < 1.29 is 0 Å². The smallest absolute Gasteiger partial charge is 0.283 e. The van der Waals surface area contributed by atoms with Gasteiger partial charge in [-0.15, -0.1) is 0 Å². The molecule has 5 heterocycles. The van der Waals surface area contributed by atoms with Gasteiger partial charge in [-0.2, -0.15) is 38.2 Å². The van der Waals surface area contributed by atoms with Crippen molar-refractivity contribution in [3.05, 3.63) is 75.5 Å². The molecule has 6 rings (SSSR count). The molecule has 0 unspecified atom stereocenters. The minimum absolute atomic E-state index is 0. The molecule has 1 atom stereocenters. The van der Waals surface area contributed by atoms with E-state index < -0.39 is 0 Å². The van der Waals surface area contributed by atoms with Crippen LogP contribution in [0.5, 0.6) is 0 Å². The molecule has 32 heavy (non-hydrogen) atoms. The first kappa shape index (κ1) is 20.5. The Morgan fingerprint density at radius 2 is 1.91 bits per heavy atom. The number of hydrogen-bond acceptors (Lipinski definition) is 7. The van der Waals surface area contributed by atoms with Crippen molar-refractivity contribution in [1.29, 1.82) is 0 Å². The van der Waals surface area contributed by atoms with Crippen LogP contribution in [0.1, 0.15) is 18.3 Å². The van der Waals surface area contributed by atoms with Crippen LogP contribution in [0, 0.1) is 0 Å². The van der Waals surface area contributed by atoms with E-state index in [1.807, 2.05) is 41.3 Å². The quantitative estimate of drug-likeness (QED) is 0.395. The standard InChI is InChI=1S/C20H16BrN9O.H2S/c21-13-7-11-28-16(13)18(31)29(12-4-2-1-3-5-12)17(26-28)14-8-10-27(14)20-25-19(22)24-15-6-9-23-30(15)20;/h1-7,9,11,14H,8,10H2,(H2,22,24);1H2/t14-;/m0./s1. The summed E-state index contributed by atoms with van der Waals surface area (Å²) in [5.41, 5.74) is 7.65. The molecule has 0 spiro atoms. The Hall–Kier alpha value is -3.38. The van der Waals surface area contributed by atoms with Gasteiger partial charge in [-0.05, 0) is 40.5 Å². The van der Waals surface area contributed by atoms with Crippen molar-refractivity contribution in [2.45, 2.75) is 12.5 Å². The van der Waals surface area contributed by atoms with Crippen LogP contribution in [0.4, 0.5) is 11.9 Å². The SMILES string of the molecule is Nc1nc(N2CC[C@H]2c2nn3ccc(Br)c3c(=O)n2-c2ccccc2)n2nccc2n1.S. The summed E-state index contributed by atoms with van der Waals surface area (Å²) in [6, 6.07) is 12.9. The van der Waals surface area contributed by atoms with Crippen molar-refractivity contribution in [1.82, 2.24) is 33.8 Å². The zero-order chi connectivity index (χ0) is 21.1. The third kappa shape index (κ3) is 2.98. The van der Waals surface area contributed by atoms with Gasteiger partial charge in [0.1, 0.15) is 5.52 Å². The van der Waals surface area contributed by atoms with Gasteiger partial charge in [0.2, 0.25) is 11.9 Å². The lowest BCUT2D eigenvalue weighted by Crippen LogP contribution is -2.46. The molecule has 0 amide bonds. The van der Waals surface area contributed by atoms with Crippen molar-refractivity contribution in [2.75, 3.05) is 17.2 Å². The van der Waals surface area contributed by atoms with Crippen LogP contribution >= 0.6 is 29.4 Å². The second-order valence-electron chi connectivity index (χ2n) is 7.27. The molecule has 0 bridgehead atoms. The Morgan fingerprint density at radius 1 is 1.09 bits per heavy atom. The van der Waals surface area contributed by atoms with Crippen molar-refractivity contribution >= 4 is 52.5 Å². The molecule has 162 valence electrons. The molecule has 0 radical (unpaired) electrons. The molecule has 10 nitrogen and oxygen atoms in total. The van der Waals surface area contributed by atoms with Crippen LogP contribution in [0.2, 0.25) is 0 Å². The molecule has 0 aliphatic carbocycles. The predicted molar refractivity (Wildman–Crippen MR) is 129 cm³/mol. The minimum atomic E-state index is -0.180. The minimum Gasteiger partial charge on any atom is -0.368 e. The van der Waals surface area contributed by atoms with E-state index in [9.17, 15) is 4.79 Å². The third-order valence-electron chi connectivity index (χ3n) is 5.51. The van der Waals surface area contributed by atoms with Gasteiger partial charge < -0.3 is 10.6 Å². The topological polar surface area (TPSA) is 112 Å². The number of aromatic nitrogens is 7. The lowest BCUT2D eigenvalue weighted by molar-refractivity contribution is 0.415. The second-order valence-corrected chi connectivity index (χ2v) is 8.13. The summed E-state index contributed by atoms with van der Waals surface area (Å²) >= 11 is 3.47. The van der Waals surface area contributed by atoms with E-state index in [1.54, 1.807) is 32.1 Å². The summed E-state index contributed by atoms with van der Waals surface area (Å²) in [5.74, 6) is 1.37. The number of nitrogens with zero attached hydrogens (tertiary/aromatic N) is 8. The summed E-state index contributed by atoms with van der Waals surface area (Å²) in [4.78, 5) is 24.2. The number of nitrogens with two attached hydrogens (primary N) is 1. The highest BCUT2D eigenvalue weighted by Crippen LogP contribution is 2.36. The Kier molecular flexibility index (Phi) is 4.90. The summed E-state index contributed by atoms with van der Waals surface area (Å²) in [6.45, 7) is 0.730. The number of hydrogen-bond donors (Lipinski definition) is 1. The van der Waals surface area contributed by atoms with Gasteiger partial charge in [0.25, 0.3) is 5.56 Å². The molecule has 4 aromatic heterocycles. The van der Waals surface area contributed by atoms with Gasteiger partial charge in [0.15, 0.2) is 11.5 Å². The molecule has 1 aromatic carbocycles. The Bertz CT molecular complexity index is 1510. The Labute approximate surface area is 196 Å². The highest BCUT2D eigenvalue weighted by molar-refractivity contribution is 9.10. The molecule has 1 fully saturated rings. The van der Waals surface area contributed by atoms with Crippen LogP contribution in [-0.2, 0) is 0 Å². The third-order valence-corrected chi connectivity index (χ3v) is 6.15. The summed E-state index contributed by atoms with van der Waals surface area (Å²) in [6.07, 6.45) is 4.24. The van der Waals surface area contributed by atoms with Gasteiger partial charge in [-0.25, -0.2) is 4.52 Å². The number of nitrogen functional groups attached to an aromatic ring is 1. The number of halogens is 1. The van der Waals surface area contributed by atoms with E-state index in [0.717, 1.165) is 18.7 Å². The van der Waals surface area contributed by atoms with E-state index in [2.05, 4.69) is 31.0 Å². The number of anilines is 2. The van der Waals surface area contributed by atoms with E-state index in [-0.39, 0.29) is 31.0 Å². The Balaban J connectivity index is 0.00000216. The predicted octanol–water partition coefficient (Wildman–Crippen LogP) is 2.33. The van der Waals surface area contributed by atoms with Gasteiger partial charge >= 0.3 is 0 Å². The fourth-order valence-electron chi connectivity index (χ4n) is 4.00. The van der Waals surface area contributed by atoms with Crippen molar-refractivity contribution in [3.8, 4) is 5.69 Å². The highest BCUT2D eigenvalue weighted by Gasteiger charge is 2.37. The van der Waals surface area contributed by atoms with Crippen LogP contribution in [0.3, 0.4) is 0 Å². The molecule has 0 saturated carbocycles. The average molecular weight is 512 g/mol. The first-order valence-electron chi connectivity index (χ1n) is 9.71. The van der Waals surface area contributed by atoms with E-state index >= 15 is 0 Å². The van der Waals surface area contributed by atoms with Crippen LogP contribution in [-0.4, -0.2) is 40.3 Å². The first-order valence-corrected chi connectivity index (χ1v) is 10.5. The maximum atomic E-state index is 13.5. The first-order chi connectivity index (χ1) is 15.1. The summed E-state index contributed by atoms with van der Waals surface area (Å²) in [5, 5.41) is 9.16. The highest BCUT2D eigenvalue weighted by atomic mass is 79.9. The van der Waals surface area contributed by atoms with E-state index in [4.69, 9.17) is 10.8 Å². The van der Waals surface area contributed by atoms with E-state index in [1.165, 1.54) is 0 Å². The van der Waals surface area contributed by atoms with Gasteiger partial charge in [-0.3, -0.25) is 9.36 Å². The molecular formula is C20H18BrN9OS. The zero-order valence-electron chi connectivity index (χ0n) is 16.6. The fourth-order valence-corrected chi connectivity index (χ4v) is 4.47. The number of rotatable bonds is 3. The largest absolute Gasteiger partial charge is 0.368 e. The molecule has 1 aliphatic rings. The van der Waals surface area contributed by atoms with Crippen LogP contribution in [0.25, 0.3) is 16.9 Å². The fraction of sp³-hybridized carbons (Fsp3) is 0.150. The average Bonchev–Trinajstić information content (AvgIpc) is 3.35. The van der Waals surface area contributed by atoms with Crippen molar-refractivity contribution in [3.63, 3.8) is 0 Å². The zero-order valence-corrected chi connectivity index (χ0v) is 19.2. The summed E-state index contributed by atoms with van der Waals surface area (Å²) < 4.78 is 5.64. The number of para-hydroxylation sites is 1.